The molecule has 4 saturated carbocycles. The summed E-state index contributed by atoms with van der Waals surface area (Å²) in [7, 11) is 0. The number of aromatic amines is 2. The van der Waals surface area contributed by atoms with Crippen LogP contribution in [0, 0.1) is 27.7 Å². The summed E-state index contributed by atoms with van der Waals surface area (Å²) in [5.74, 6) is 2.35. The predicted molar refractivity (Wildman–Crippen MR) is 419 cm³/mol. The Morgan fingerprint density at radius 2 is 0.510 bits per heavy atom. The van der Waals surface area contributed by atoms with Crippen molar-refractivity contribution < 1.29 is 0 Å². The topological polar surface area (TPSA) is 157 Å². The number of nitrogens with zero attached hydrogens (tertiary/aromatic N) is 6. The molecule has 0 saturated heterocycles. The zero-order valence-electron chi connectivity index (χ0n) is 57.6. The van der Waals surface area contributed by atoms with Gasteiger partial charge >= 0.3 is 0 Å². The van der Waals surface area contributed by atoms with Crippen LogP contribution >= 0.6 is 47.0 Å². The maximum absolute atomic E-state index is 6.04. The molecule has 506 valence electrons. The predicted octanol–water partition coefficient (Wildman–Crippen LogP) is 23.7. The van der Waals surface area contributed by atoms with E-state index in [1.165, 1.54) is 99.3 Å². The molecular weight excluding hydrogens is 1310 g/mol. The van der Waals surface area contributed by atoms with E-state index in [0.29, 0.717) is 64.0 Å². The standard InChI is InChI=1S/C84H86N12S4/c1-49-25-33-57(34-26-49)97-65-45-41-61(85-53-17-9-5-10-18-53)69-73(65)81-90-77(69)89-78-70-62(86-54-19-11-6-12-20-54)42-47-67(99-59-37-29-51(3)30-38-59)75(70)83(91-78)96-84-76-68(100-60-39-31-52(4)32-40-60)48-44-64(88-56-23-15-8-16-24-56)72(76)80(95-84)94-82-74-66(98-58-35-27-50(2)28-36-58)46-43-63(71(74)79(92-81)93-82)87-55-21-13-7-14-22-55/h25-48,53-56,85-88H,5-24H2,1-4H3,(H2,89,90,91,92,93,94,95,96). The summed E-state index contributed by atoms with van der Waals surface area (Å²) < 4.78 is 0. The second-order valence-electron chi connectivity index (χ2n) is 28.6. The molecule has 16 heteroatoms. The molecule has 17 rings (SSSR count). The van der Waals surface area contributed by atoms with Gasteiger partial charge in [0.05, 0.1) is 21.9 Å². The Morgan fingerprint density at radius 1 is 0.260 bits per heavy atom. The zero-order chi connectivity index (χ0) is 67.2. The molecule has 2 aliphatic heterocycles. The molecule has 0 radical (unpaired) electrons. The summed E-state index contributed by atoms with van der Waals surface area (Å²) in [5, 5.41) is 20.5. The first kappa shape index (κ1) is 65.1. The smallest absolute Gasteiger partial charge is 0.166 e. The van der Waals surface area contributed by atoms with Crippen molar-refractivity contribution in [2.45, 2.75) is 219 Å². The van der Waals surface area contributed by atoms with E-state index in [0.717, 1.165) is 157 Å². The van der Waals surface area contributed by atoms with Crippen molar-refractivity contribution in [2.75, 3.05) is 21.3 Å². The first-order valence-electron chi connectivity index (χ1n) is 36.7. The van der Waals surface area contributed by atoms with E-state index in [4.69, 9.17) is 29.9 Å². The minimum Gasteiger partial charge on any atom is -0.382 e. The van der Waals surface area contributed by atoms with Crippen LogP contribution in [0.2, 0.25) is 0 Å². The number of nitrogens with one attached hydrogen (secondary N) is 6. The molecule has 8 bridgehead atoms. The van der Waals surface area contributed by atoms with Crippen LogP contribution in [0.5, 0.6) is 0 Å². The van der Waals surface area contributed by atoms with E-state index in [2.05, 4.69) is 205 Å². The van der Waals surface area contributed by atoms with Crippen LogP contribution in [0.3, 0.4) is 0 Å². The van der Waals surface area contributed by atoms with Crippen LogP contribution in [-0.2, 0) is 0 Å². The lowest BCUT2D eigenvalue weighted by Crippen LogP contribution is -2.22. The monoisotopic (exact) mass is 1390 g/mol. The molecule has 8 aromatic carbocycles. The summed E-state index contributed by atoms with van der Waals surface area (Å²) in [6.45, 7) is 8.62. The van der Waals surface area contributed by atoms with E-state index < -0.39 is 0 Å². The summed E-state index contributed by atoms with van der Waals surface area (Å²) in [4.78, 5) is 52.7. The number of aromatic nitrogens is 8. The fourth-order valence-corrected chi connectivity index (χ4v) is 19.6. The first-order valence-corrected chi connectivity index (χ1v) is 39.9. The number of H-pyrrole nitrogens is 2. The Labute approximate surface area is 603 Å². The molecular formula is C84H86N12S4. The van der Waals surface area contributed by atoms with Crippen molar-refractivity contribution in [3.05, 3.63) is 168 Å². The molecule has 0 unspecified atom stereocenters. The van der Waals surface area contributed by atoms with E-state index in [1.54, 1.807) is 47.0 Å². The summed E-state index contributed by atoms with van der Waals surface area (Å²) >= 11 is 7.04. The second-order valence-corrected chi connectivity index (χ2v) is 33.1. The summed E-state index contributed by atoms with van der Waals surface area (Å²) in [6.07, 6.45) is 23.3. The average Bonchev–Trinajstić information content (AvgIpc) is 1.57. The maximum atomic E-state index is 6.04. The highest BCUT2D eigenvalue weighted by Crippen LogP contribution is 2.52. The van der Waals surface area contributed by atoms with Crippen LogP contribution < -0.4 is 21.3 Å². The number of anilines is 4. The van der Waals surface area contributed by atoms with Gasteiger partial charge in [0, 0.05) is 108 Å². The van der Waals surface area contributed by atoms with Gasteiger partial charge in [0.25, 0.3) is 0 Å². The molecule has 11 aromatic rings. The van der Waals surface area contributed by atoms with Crippen LogP contribution in [-0.4, -0.2) is 64.0 Å². The number of fused-ring (bicyclic) bond motifs is 20. The van der Waals surface area contributed by atoms with Crippen LogP contribution in [0.15, 0.2) is 185 Å². The largest absolute Gasteiger partial charge is 0.382 e. The van der Waals surface area contributed by atoms with Gasteiger partial charge in [0.15, 0.2) is 23.3 Å². The molecule has 0 amide bonds. The Morgan fingerprint density at radius 3 is 0.820 bits per heavy atom. The van der Waals surface area contributed by atoms with Crippen molar-refractivity contribution in [3.8, 4) is 45.6 Å². The molecule has 12 nitrogen and oxygen atoms in total. The maximum Gasteiger partial charge on any atom is 0.166 e. The van der Waals surface area contributed by atoms with Gasteiger partial charge in [-0.3, -0.25) is 0 Å². The lowest BCUT2D eigenvalue weighted by Gasteiger charge is -2.25. The van der Waals surface area contributed by atoms with Gasteiger partial charge in [-0.15, -0.1) is 0 Å². The van der Waals surface area contributed by atoms with Gasteiger partial charge in [0.2, 0.25) is 0 Å². The molecule has 0 atom stereocenters. The fraction of sp³-hybridized carbons (Fsp3) is 0.333. The Kier molecular flexibility index (Phi) is 18.6. The lowest BCUT2D eigenvalue weighted by molar-refractivity contribution is 0.463. The second kappa shape index (κ2) is 28.6. The van der Waals surface area contributed by atoms with Crippen LogP contribution in [0.4, 0.5) is 22.7 Å². The third kappa shape index (κ3) is 13.6. The van der Waals surface area contributed by atoms with Gasteiger partial charge in [0.1, 0.15) is 22.6 Å². The van der Waals surface area contributed by atoms with E-state index >= 15 is 0 Å². The van der Waals surface area contributed by atoms with Gasteiger partial charge in [-0.25, -0.2) is 29.9 Å². The van der Waals surface area contributed by atoms with Crippen molar-refractivity contribution in [3.63, 3.8) is 0 Å². The first-order chi connectivity index (χ1) is 49.1. The number of hydrogen-bond donors (Lipinski definition) is 6. The quantitative estimate of drug-likeness (QED) is 0.0543. The van der Waals surface area contributed by atoms with Crippen LogP contribution in [0.1, 0.15) is 151 Å². The van der Waals surface area contributed by atoms with Gasteiger partial charge in [-0.2, -0.15) is 0 Å². The Hall–Kier alpha value is -8.28. The third-order valence-electron chi connectivity index (χ3n) is 21.1. The molecule has 0 spiro atoms. The molecule has 4 fully saturated rings. The zero-order valence-corrected chi connectivity index (χ0v) is 60.9. The van der Waals surface area contributed by atoms with Crippen molar-refractivity contribution in [1.29, 1.82) is 0 Å². The molecule has 5 heterocycles. The molecule has 3 aromatic heterocycles. The average molecular weight is 1390 g/mol. The van der Waals surface area contributed by atoms with Crippen molar-refractivity contribution in [2.24, 2.45) is 0 Å². The molecule has 6 aliphatic rings. The van der Waals surface area contributed by atoms with Gasteiger partial charge < -0.3 is 31.2 Å². The normalized spacial score (nSPS) is 16.2. The van der Waals surface area contributed by atoms with E-state index in [-0.39, 0.29) is 6.04 Å². The number of rotatable bonds is 16. The highest BCUT2D eigenvalue weighted by molar-refractivity contribution is 8.00. The number of aryl methyl sites for hydroxylation is 4. The Balaban J connectivity index is 1.03. The van der Waals surface area contributed by atoms with E-state index in [1.807, 2.05) is 0 Å². The minimum absolute atomic E-state index is 0.289. The van der Waals surface area contributed by atoms with Gasteiger partial charge in [-0.1, -0.05) is 195 Å². The minimum atomic E-state index is 0.289. The molecule has 100 heavy (non-hydrogen) atoms. The third-order valence-corrected chi connectivity index (χ3v) is 25.4. The lowest BCUT2D eigenvalue weighted by atomic mass is 9.94. The Bertz CT molecular complexity index is 5040. The fourth-order valence-electron chi connectivity index (χ4n) is 15.8. The SMILES string of the molecule is Cc1ccc(Sc2ccc(NC3CCCCC3)c3c2-c2nc-3nc3[nH]c(nc4nc(nc5[nH]c(n2)c2c(NC6CCCCC6)ccc(Sc6ccc(C)cc6)c52)-c2c(NC5CCCCC5)ccc(Sc5ccc(C)cc5)c2-4)c2c(Sc4ccc(C)cc4)ccc(NC4CCCCC4)c32)cc1. The van der Waals surface area contributed by atoms with Crippen LogP contribution in [0.25, 0.3) is 89.7 Å². The molecule has 6 N–H and O–H groups in total. The summed E-state index contributed by atoms with van der Waals surface area (Å²) in [5.41, 5.74) is 15.4. The van der Waals surface area contributed by atoms with E-state index in [9.17, 15) is 0 Å². The number of hydrogen-bond acceptors (Lipinski definition) is 14. The summed E-state index contributed by atoms with van der Waals surface area (Å²) in [6, 6.07) is 55.0. The highest BCUT2D eigenvalue weighted by atomic mass is 32.2. The van der Waals surface area contributed by atoms with Gasteiger partial charge in [-0.05, 0) is 176 Å². The van der Waals surface area contributed by atoms with Crippen molar-refractivity contribution in [1.82, 2.24) is 39.9 Å². The number of benzene rings is 8. The van der Waals surface area contributed by atoms with Crippen molar-refractivity contribution >= 4 is 114 Å². The highest BCUT2D eigenvalue weighted by Gasteiger charge is 2.33. The molecule has 4 aliphatic carbocycles.